The molecule has 0 saturated heterocycles. The Morgan fingerprint density at radius 2 is 2.00 bits per heavy atom. The third-order valence-corrected chi connectivity index (χ3v) is 2.34. The normalized spacial score (nSPS) is 10.2. The van der Waals surface area contributed by atoms with Crippen LogP contribution in [0.4, 0.5) is 8.78 Å². The maximum Gasteiger partial charge on any atom is 0.217 e. The van der Waals surface area contributed by atoms with Crippen LogP contribution in [0.3, 0.4) is 0 Å². The van der Waals surface area contributed by atoms with E-state index in [4.69, 9.17) is 5.73 Å². The first-order valence-corrected chi connectivity index (χ1v) is 4.71. The molecule has 1 rings (SSSR count). The number of amides is 1. The summed E-state index contributed by atoms with van der Waals surface area (Å²) in [7, 11) is 0. The molecule has 2 nitrogen and oxygen atoms in total. The molecule has 0 spiro atoms. The van der Waals surface area contributed by atoms with Crippen LogP contribution in [0.1, 0.15) is 12.0 Å². The summed E-state index contributed by atoms with van der Waals surface area (Å²) in [6.45, 7) is 0. The van der Waals surface area contributed by atoms with Crippen molar-refractivity contribution in [3.05, 3.63) is 33.8 Å². The highest BCUT2D eigenvalue weighted by Gasteiger charge is 2.08. The van der Waals surface area contributed by atoms with Crippen LogP contribution in [0.15, 0.2) is 16.6 Å². The Hall–Kier alpha value is -0.970. The second kappa shape index (κ2) is 4.50. The maximum atomic E-state index is 13.1. The number of halogens is 3. The van der Waals surface area contributed by atoms with E-state index in [1.165, 1.54) is 0 Å². The molecule has 0 fully saturated rings. The van der Waals surface area contributed by atoms with E-state index >= 15 is 0 Å². The number of carbonyl (C=O) groups is 1. The quantitative estimate of drug-likeness (QED) is 0.835. The summed E-state index contributed by atoms with van der Waals surface area (Å²) in [4.78, 5) is 10.4. The van der Waals surface area contributed by atoms with Gasteiger partial charge in [-0.05, 0) is 40.0 Å². The first-order valence-electron chi connectivity index (χ1n) is 3.92. The number of hydrogen-bond acceptors (Lipinski definition) is 1. The van der Waals surface area contributed by atoms with Gasteiger partial charge in [0.25, 0.3) is 0 Å². The molecule has 0 unspecified atom stereocenters. The Bertz CT molecular complexity index is 368. The summed E-state index contributed by atoms with van der Waals surface area (Å²) in [6.07, 6.45) is 0.128. The zero-order valence-electron chi connectivity index (χ0n) is 7.19. The minimum atomic E-state index is -0.550. The number of hydrogen-bond donors (Lipinski definition) is 1. The lowest BCUT2D eigenvalue weighted by Gasteiger charge is -2.03. The van der Waals surface area contributed by atoms with Crippen molar-refractivity contribution < 1.29 is 13.6 Å². The Balaban J connectivity index is 2.87. The molecule has 1 aromatic rings. The van der Waals surface area contributed by atoms with Crippen LogP contribution in [-0.4, -0.2) is 5.91 Å². The van der Waals surface area contributed by atoms with Gasteiger partial charge in [0.1, 0.15) is 11.6 Å². The van der Waals surface area contributed by atoms with E-state index in [1.807, 2.05) is 0 Å². The van der Waals surface area contributed by atoms with E-state index < -0.39 is 17.5 Å². The van der Waals surface area contributed by atoms with E-state index in [9.17, 15) is 13.6 Å². The molecule has 0 aromatic heterocycles. The van der Waals surface area contributed by atoms with Crippen LogP contribution in [0.5, 0.6) is 0 Å². The predicted molar refractivity (Wildman–Crippen MR) is 51.6 cm³/mol. The van der Waals surface area contributed by atoms with E-state index in [-0.39, 0.29) is 22.9 Å². The second-order valence-corrected chi connectivity index (χ2v) is 3.68. The largest absolute Gasteiger partial charge is 0.370 e. The lowest BCUT2D eigenvalue weighted by atomic mass is 10.1. The summed E-state index contributed by atoms with van der Waals surface area (Å²) >= 11 is 2.85. The standard InChI is InChI=1S/C9H8BrF2NO/c10-6-4-7(11)5(3-8(6)12)1-2-9(13)14/h3-4H,1-2H2,(H2,13,14). The Labute approximate surface area is 88.2 Å². The fourth-order valence-electron chi connectivity index (χ4n) is 1.01. The molecule has 1 aromatic carbocycles. The topological polar surface area (TPSA) is 43.1 Å². The second-order valence-electron chi connectivity index (χ2n) is 2.82. The van der Waals surface area contributed by atoms with Gasteiger partial charge in [-0.1, -0.05) is 0 Å². The Morgan fingerprint density at radius 1 is 1.36 bits per heavy atom. The van der Waals surface area contributed by atoms with Gasteiger partial charge in [-0.2, -0.15) is 0 Å². The molecule has 14 heavy (non-hydrogen) atoms. The minimum absolute atomic E-state index is 0.0119. The van der Waals surface area contributed by atoms with Gasteiger partial charge in [0, 0.05) is 6.42 Å². The smallest absolute Gasteiger partial charge is 0.217 e. The van der Waals surface area contributed by atoms with Gasteiger partial charge in [-0.3, -0.25) is 4.79 Å². The lowest BCUT2D eigenvalue weighted by Crippen LogP contribution is -2.11. The van der Waals surface area contributed by atoms with Crippen molar-refractivity contribution in [3.8, 4) is 0 Å². The van der Waals surface area contributed by atoms with Crippen molar-refractivity contribution in [3.63, 3.8) is 0 Å². The van der Waals surface area contributed by atoms with E-state index in [0.29, 0.717) is 0 Å². The molecular weight excluding hydrogens is 256 g/mol. The first-order chi connectivity index (χ1) is 6.50. The van der Waals surface area contributed by atoms with Crippen molar-refractivity contribution in [1.82, 2.24) is 0 Å². The molecule has 1 amide bonds. The maximum absolute atomic E-state index is 13.1. The van der Waals surface area contributed by atoms with Gasteiger partial charge < -0.3 is 5.73 Å². The van der Waals surface area contributed by atoms with Crippen molar-refractivity contribution in [2.75, 3.05) is 0 Å². The van der Waals surface area contributed by atoms with Gasteiger partial charge in [0.2, 0.25) is 5.91 Å². The zero-order chi connectivity index (χ0) is 10.7. The fraction of sp³-hybridized carbons (Fsp3) is 0.222. The highest BCUT2D eigenvalue weighted by molar-refractivity contribution is 9.10. The number of carbonyl (C=O) groups excluding carboxylic acids is 1. The summed E-state index contributed by atoms with van der Waals surface area (Å²) in [5, 5.41) is 0. The van der Waals surface area contributed by atoms with Gasteiger partial charge in [0.15, 0.2) is 0 Å². The fourth-order valence-corrected chi connectivity index (χ4v) is 1.33. The number of benzene rings is 1. The SMILES string of the molecule is NC(=O)CCc1cc(F)c(Br)cc1F. The Morgan fingerprint density at radius 3 is 2.57 bits per heavy atom. The third kappa shape index (κ3) is 2.77. The van der Waals surface area contributed by atoms with Gasteiger partial charge in [-0.25, -0.2) is 8.78 Å². The first kappa shape index (κ1) is 11.1. The molecule has 76 valence electrons. The molecule has 0 radical (unpaired) electrons. The highest BCUT2D eigenvalue weighted by atomic mass is 79.9. The van der Waals surface area contributed by atoms with Crippen LogP contribution >= 0.6 is 15.9 Å². The van der Waals surface area contributed by atoms with Crippen molar-refractivity contribution in [2.24, 2.45) is 5.73 Å². The van der Waals surface area contributed by atoms with Gasteiger partial charge in [0.05, 0.1) is 4.47 Å². The van der Waals surface area contributed by atoms with Crippen LogP contribution in [0.2, 0.25) is 0 Å². The van der Waals surface area contributed by atoms with Crippen molar-refractivity contribution >= 4 is 21.8 Å². The molecule has 0 aliphatic heterocycles. The minimum Gasteiger partial charge on any atom is -0.370 e. The summed E-state index contributed by atoms with van der Waals surface area (Å²) < 4.78 is 26.2. The molecular formula is C9H8BrF2NO. The van der Waals surface area contributed by atoms with E-state index in [1.54, 1.807) is 0 Å². The van der Waals surface area contributed by atoms with Crippen molar-refractivity contribution in [2.45, 2.75) is 12.8 Å². The molecule has 0 aliphatic rings. The number of nitrogens with two attached hydrogens (primary N) is 1. The van der Waals surface area contributed by atoms with Crippen molar-refractivity contribution in [1.29, 1.82) is 0 Å². The average Bonchev–Trinajstić information content (AvgIpc) is 2.09. The molecule has 5 heteroatoms. The number of aryl methyl sites for hydroxylation is 1. The molecule has 0 saturated carbocycles. The average molecular weight is 264 g/mol. The Kier molecular flexibility index (Phi) is 3.57. The molecule has 2 N–H and O–H groups in total. The van der Waals surface area contributed by atoms with E-state index in [0.717, 1.165) is 12.1 Å². The van der Waals surface area contributed by atoms with Crippen LogP contribution in [-0.2, 0) is 11.2 Å². The highest BCUT2D eigenvalue weighted by Crippen LogP contribution is 2.20. The third-order valence-electron chi connectivity index (χ3n) is 1.73. The molecule has 0 aliphatic carbocycles. The van der Waals surface area contributed by atoms with E-state index in [2.05, 4.69) is 15.9 Å². The van der Waals surface area contributed by atoms with Crippen LogP contribution in [0, 0.1) is 11.6 Å². The summed E-state index contributed by atoms with van der Waals surface area (Å²) in [6, 6.07) is 2.09. The van der Waals surface area contributed by atoms with Crippen LogP contribution in [0.25, 0.3) is 0 Å². The monoisotopic (exact) mass is 263 g/mol. The summed E-state index contributed by atoms with van der Waals surface area (Å²) in [5.74, 6) is -1.63. The van der Waals surface area contributed by atoms with Gasteiger partial charge in [-0.15, -0.1) is 0 Å². The summed E-state index contributed by atoms with van der Waals surface area (Å²) in [5.41, 5.74) is 5.05. The lowest BCUT2D eigenvalue weighted by molar-refractivity contribution is -0.117. The predicted octanol–water partition coefficient (Wildman–Crippen LogP) is 2.15. The molecule has 0 heterocycles. The zero-order valence-corrected chi connectivity index (χ0v) is 8.77. The molecule has 0 atom stereocenters. The molecule has 0 bridgehead atoms. The number of primary amides is 1. The van der Waals surface area contributed by atoms with Crippen LogP contribution < -0.4 is 5.73 Å². The number of rotatable bonds is 3. The van der Waals surface area contributed by atoms with Gasteiger partial charge >= 0.3 is 0 Å².